The third kappa shape index (κ3) is 5.29. The molecule has 0 saturated heterocycles. The van der Waals surface area contributed by atoms with Crippen molar-refractivity contribution in [2.24, 2.45) is 0 Å². The van der Waals surface area contributed by atoms with Crippen LogP contribution in [-0.2, 0) is 28.5 Å². The summed E-state index contributed by atoms with van der Waals surface area (Å²) in [6.07, 6.45) is -3.92. The lowest BCUT2D eigenvalue weighted by atomic mass is 9.96. The number of carbonyl (C=O) groups excluding carboxylic acids is 1. The zero-order valence-electron chi connectivity index (χ0n) is 19.9. The van der Waals surface area contributed by atoms with Crippen molar-refractivity contribution in [1.29, 1.82) is 0 Å². The first kappa shape index (κ1) is 25.0. The number of aromatic nitrogens is 1. The van der Waals surface area contributed by atoms with E-state index in [1.165, 1.54) is 17.4 Å². The van der Waals surface area contributed by atoms with Crippen molar-refractivity contribution in [2.45, 2.75) is 58.7 Å². The molecule has 0 aliphatic carbocycles. The lowest BCUT2D eigenvalue weighted by molar-refractivity contribution is -0.150. The van der Waals surface area contributed by atoms with Gasteiger partial charge in [0, 0.05) is 21.0 Å². The molecule has 0 radical (unpaired) electrons. The van der Waals surface area contributed by atoms with Crippen molar-refractivity contribution < 1.29 is 32.0 Å². The SMILES string of the molecule is CCOC(=O)C(C)Oc1ccc2c(CCc3sc4cc(C(F)(F)F)ccc4c3C(C)C)noc2c1. The number of benzene rings is 2. The van der Waals surface area contributed by atoms with E-state index in [9.17, 15) is 18.0 Å². The standard InChI is InChI=1S/C26H26F3NO4S/c1-5-32-25(31)15(4)33-17-7-9-18-20(30-34-21(18)13-17)10-11-22-24(14(2)3)19-8-6-16(26(27,28)29)12-23(19)35-22/h6-9,12-15H,5,10-11H2,1-4H3. The van der Waals surface area contributed by atoms with Gasteiger partial charge in [-0.15, -0.1) is 11.3 Å². The smallest absolute Gasteiger partial charge is 0.416 e. The number of nitrogens with zero attached hydrogens (tertiary/aromatic N) is 1. The summed E-state index contributed by atoms with van der Waals surface area (Å²) >= 11 is 1.40. The van der Waals surface area contributed by atoms with Gasteiger partial charge in [-0.05, 0) is 67.8 Å². The fraction of sp³-hybridized carbons (Fsp3) is 0.385. The number of carbonyl (C=O) groups is 1. The summed E-state index contributed by atoms with van der Waals surface area (Å²) < 4.78 is 56.3. The molecule has 0 saturated carbocycles. The first-order valence-electron chi connectivity index (χ1n) is 11.4. The molecule has 5 nitrogen and oxygen atoms in total. The summed E-state index contributed by atoms with van der Waals surface area (Å²) in [4.78, 5) is 12.9. The van der Waals surface area contributed by atoms with E-state index in [1.54, 1.807) is 32.0 Å². The highest BCUT2D eigenvalue weighted by Gasteiger charge is 2.31. The summed E-state index contributed by atoms with van der Waals surface area (Å²) in [5, 5.41) is 5.90. The average molecular weight is 506 g/mol. The molecule has 2 aromatic heterocycles. The third-order valence-electron chi connectivity index (χ3n) is 5.75. The lowest BCUT2D eigenvalue weighted by Gasteiger charge is -2.13. The van der Waals surface area contributed by atoms with Gasteiger partial charge in [0.15, 0.2) is 11.7 Å². The monoisotopic (exact) mass is 505 g/mol. The summed E-state index contributed by atoms with van der Waals surface area (Å²) in [5.74, 6) is 0.191. The van der Waals surface area contributed by atoms with Crippen LogP contribution in [0.25, 0.3) is 21.1 Å². The van der Waals surface area contributed by atoms with Crippen LogP contribution in [0.2, 0.25) is 0 Å². The Kier molecular flexibility index (Phi) is 7.07. The van der Waals surface area contributed by atoms with Crippen LogP contribution in [0.1, 0.15) is 55.3 Å². The van der Waals surface area contributed by atoms with Gasteiger partial charge in [-0.25, -0.2) is 4.79 Å². The molecule has 0 aliphatic rings. The molecule has 0 bridgehead atoms. The van der Waals surface area contributed by atoms with Gasteiger partial charge in [-0.2, -0.15) is 13.2 Å². The number of hydrogen-bond donors (Lipinski definition) is 0. The molecule has 1 unspecified atom stereocenters. The number of esters is 1. The maximum absolute atomic E-state index is 13.2. The van der Waals surface area contributed by atoms with Crippen molar-refractivity contribution >= 4 is 38.4 Å². The number of alkyl halides is 3. The molecule has 9 heteroatoms. The molecule has 186 valence electrons. The highest BCUT2D eigenvalue weighted by Crippen LogP contribution is 2.40. The molecular formula is C26H26F3NO4S. The minimum atomic E-state index is -4.37. The molecule has 2 heterocycles. The zero-order valence-corrected chi connectivity index (χ0v) is 20.7. The van der Waals surface area contributed by atoms with Gasteiger partial charge in [0.25, 0.3) is 0 Å². The van der Waals surface area contributed by atoms with Gasteiger partial charge >= 0.3 is 12.1 Å². The van der Waals surface area contributed by atoms with E-state index in [1.807, 2.05) is 19.9 Å². The fourth-order valence-corrected chi connectivity index (χ4v) is 5.53. The van der Waals surface area contributed by atoms with E-state index in [4.69, 9.17) is 14.0 Å². The van der Waals surface area contributed by atoms with Gasteiger partial charge in [0.05, 0.1) is 17.9 Å². The Balaban J connectivity index is 1.55. The normalized spacial score (nSPS) is 13.0. The van der Waals surface area contributed by atoms with Gasteiger partial charge < -0.3 is 14.0 Å². The predicted octanol–water partition coefficient (Wildman–Crippen LogP) is 7.30. The summed E-state index contributed by atoms with van der Waals surface area (Å²) in [6.45, 7) is 7.72. The topological polar surface area (TPSA) is 61.6 Å². The molecule has 4 aromatic rings. The van der Waals surface area contributed by atoms with E-state index in [2.05, 4.69) is 5.16 Å². The van der Waals surface area contributed by atoms with E-state index >= 15 is 0 Å². The molecule has 4 rings (SSSR count). The number of fused-ring (bicyclic) bond motifs is 2. The molecular weight excluding hydrogens is 479 g/mol. The van der Waals surface area contributed by atoms with Crippen LogP contribution in [0.5, 0.6) is 5.75 Å². The number of rotatable bonds is 8. The lowest BCUT2D eigenvalue weighted by Crippen LogP contribution is -2.25. The van der Waals surface area contributed by atoms with Crippen molar-refractivity contribution in [3.63, 3.8) is 0 Å². The fourth-order valence-electron chi connectivity index (χ4n) is 4.13. The molecule has 0 N–H and O–H groups in total. The Morgan fingerprint density at radius 3 is 2.51 bits per heavy atom. The van der Waals surface area contributed by atoms with Crippen molar-refractivity contribution in [3.05, 3.63) is 58.1 Å². The molecule has 0 amide bonds. The van der Waals surface area contributed by atoms with Crippen LogP contribution >= 0.6 is 11.3 Å². The Hall–Kier alpha value is -3.07. The van der Waals surface area contributed by atoms with E-state index < -0.39 is 23.8 Å². The Morgan fingerprint density at radius 1 is 1.09 bits per heavy atom. The average Bonchev–Trinajstić information content (AvgIpc) is 3.37. The quantitative estimate of drug-likeness (QED) is 0.235. The van der Waals surface area contributed by atoms with Gasteiger partial charge in [-0.1, -0.05) is 25.1 Å². The highest BCUT2D eigenvalue weighted by molar-refractivity contribution is 7.19. The number of halogens is 3. The highest BCUT2D eigenvalue weighted by atomic mass is 32.1. The van der Waals surface area contributed by atoms with Crippen LogP contribution in [0.4, 0.5) is 13.2 Å². The molecule has 35 heavy (non-hydrogen) atoms. The molecule has 2 aromatic carbocycles. The first-order valence-corrected chi connectivity index (χ1v) is 12.2. The Bertz CT molecular complexity index is 1360. The van der Waals surface area contributed by atoms with Gasteiger partial charge in [0.2, 0.25) is 0 Å². The second-order valence-corrected chi connectivity index (χ2v) is 9.74. The molecule has 0 fully saturated rings. The largest absolute Gasteiger partial charge is 0.479 e. The van der Waals surface area contributed by atoms with Gasteiger partial charge in [-0.3, -0.25) is 0 Å². The molecule has 0 spiro atoms. The minimum Gasteiger partial charge on any atom is -0.479 e. The zero-order chi connectivity index (χ0) is 25.3. The van der Waals surface area contributed by atoms with Crippen LogP contribution in [0.3, 0.4) is 0 Å². The maximum atomic E-state index is 13.2. The van der Waals surface area contributed by atoms with Gasteiger partial charge in [0.1, 0.15) is 5.75 Å². The molecule has 0 aliphatic heterocycles. The summed E-state index contributed by atoms with van der Waals surface area (Å²) in [7, 11) is 0. The Labute approximate surface area is 204 Å². The van der Waals surface area contributed by atoms with E-state index in [0.717, 1.165) is 33.0 Å². The summed E-state index contributed by atoms with van der Waals surface area (Å²) in [6, 6.07) is 9.23. The van der Waals surface area contributed by atoms with Crippen LogP contribution in [0, 0.1) is 0 Å². The van der Waals surface area contributed by atoms with Crippen LogP contribution in [-0.4, -0.2) is 23.8 Å². The van der Waals surface area contributed by atoms with Crippen molar-refractivity contribution in [1.82, 2.24) is 5.16 Å². The number of aryl methyl sites for hydroxylation is 2. The van der Waals surface area contributed by atoms with Crippen molar-refractivity contribution in [3.8, 4) is 5.75 Å². The minimum absolute atomic E-state index is 0.172. The van der Waals surface area contributed by atoms with E-state index in [0.29, 0.717) is 28.9 Å². The van der Waals surface area contributed by atoms with Crippen LogP contribution < -0.4 is 4.74 Å². The third-order valence-corrected chi connectivity index (χ3v) is 6.98. The second kappa shape index (κ2) is 9.89. The first-order chi connectivity index (χ1) is 16.6. The Morgan fingerprint density at radius 2 is 1.83 bits per heavy atom. The maximum Gasteiger partial charge on any atom is 0.416 e. The predicted molar refractivity (Wildman–Crippen MR) is 129 cm³/mol. The second-order valence-electron chi connectivity index (χ2n) is 8.60. The number of hydrogen-bond acceptors (Lipinski definition) is 6. The summed E-state index contributed by atoms with van der Waals surface area (Å²) in [5.41, 5.74) is 1.73. The van der Waals surface area contributed by atoms with Crippen molar-refractivity contribution in [2.75, 3.05) is 6.61 Å². The number of ether oxygens (including phenoxy) is 2. The molecule has 1 atom stereocenters. The van der Waals surface area contributed by atoms with Crippen LogP contribution in [0.15, 0.2) is 40.9 Å². The van der Waals surface area contributed by atoms with E-state index in [-0.39, 0.29) is 12.5 Å². The number of thiophene rings is 1.